The molecule has 0 saturated carbocycles. The molecule has 0 bridgehead atoms. The number of fused-ring (bicyclic) bond motifs is 1. The third kappa shape index (κ3) is 5.10. The first kappa shape index (κ1) is 21.1. The average Bonchev–Trinajstić information content (AvgIpc) is 3.15. The summed E-state index contributed by atoms with van der Waals surface area (Å²) in [5.41, 5.74) is 3.69. The minimum absolute atomic E-state index is 0.0241. The summed E-state index contributed by atoms with van der Waals surface area (Å²) >= 11 is 1.01. The fourth-order valence-corrected chi connectivity index (χ4v) is 4.99. The summed E-state index contributed by atoms with van der Waals surface area (Å²) in [7, 11) is 0. The number of phenolic OH excluding ortho intramolecular Hbond substituents is 1. The number of aromatic hydroxyl groups is 1. The van der Waals surface area contributed by atoms with E-state index in [1.807, 2.05) is 0 Å². The van der Waals surface area contributed by atoms with Gasteiger partial charge in [0.15, 0.2) is 0 Å². The van der Waals surface area contributed by atoms with Gasteiger partial charge in [0.2, 0.25) is 0 Å². The number of aliphatic hydroxyl groups is 1. The number of nitrogens with zero attached hydrogens (tertiary/aromatic N) is 1. The predicted octanol–water partition coefficient (Wildman–Crippen LogP) is 3.15. The Morgan fingerprint density at radius 1 is 1.07 bits per heavy atom. The molecule has 2 heterocycles. The smallest absolute Gasteiger partial charge is 0.305 e. The number of benzene rings is 2. The Labute approximate surface area is 180 Å². The molecule has 1 atom stereocenters. The summed E-state index contributed by atoms with van der Waals surface area (Å²) in [5, 5.41) is 23.7. The van der Waals surface area contributed by atoms with Crippen LogP contribution in [0.3, 0.4) is 0 Å². The van der Waals surface area contributed by atoms with Crippen molar-refractivity contribution in [2.45, 2.75) is 38.3 Å². The molecule has 0 aliphatic carbocycles. The highest BCUT2D eigenvalue weighted by Gasteiger charge is 2.16. The summed E-state index contributed by atoms with van der Waals surface area (Å²) in [6, 6.07) is 12.0. The average molecular weight is 428 g/mol. The zero-order chi connectivity index (χ0) is 20.9. The van der Waals surface area contributed by atoms with Gasteiger partial charge in [-0.25, -0.2) is 0 Å². The Bertz CT molecular complexity index is 1020. The number of thiazole rings is 1. The van der Waals surface area contributed by atoms with Gasteiger partial charge in [-0.15, -0.1) is 0 Å². The number of phenols is 1. The largest absolute Gasteiger partial charge is 0.506 e. The van der Waals surface area contributed by atoms with Crippen LogP contribution in [0.5, 0.6) is 5.75 Å². The molecule has 0 spiro atoms. The van der Waals surface area contributed by atoms with Crippen molar-refractivity contribution < 1.29 is 10.2 Å². The van der Waals surface area contributed by atoms with Crippen molar-refractivity contribution in [3.8, 4) is 5.75 Å². The molecule has 1 aliphatic heterocycles. The third-order valence-electron chi connectivity index (χ3n) is 5.75. The molecule has 1 aromatic heterocycles. The number of H-pyrrole nitrogens is 1. The van der Waals surface area contributed by atoms with Crippen LogP contribution in [-0.4, -0.2) is 46.3 Å². The Balaban J connectivity index is 1.26. The van der Waals surface area contributed by atoms with Crippen molar-refractivity contribution in [1.29, 1.82) is 0 Å². The summed E-state index contributed by atoms with van der Waals surface area (Å²) in [4.78, 5) is 16.5. The van der Waals surface area contributed by atoms with E-state index < -0.39 is 6.10 Å². The Morgan fingerprint density at radius 2 is 1.80 bits per heavy atom. The number of nitrogens with one attached hydrogen (secondary N) is 2. The number of likely N-dealkylation sites (tertiary alicyclic amines) is 1. The second-order valence-electron chi connectivity index (χ2n) is 8.02. The lowest BCUT2D eigenvalue weighted by atomic mass is 10.1. The van der Waals surface area contributed by atoms with Crippen LogP contribution >= 0.6 is 11.3 Å². The first-order chi connectivity index (χ1) is 14.6. The molecule has 3 aromatic rings. The maximum Gasteiger partial charge on any atom is 0.305 e. The normalized spacial score (nSPS) is 16.2. The lowest BCUT2D eigenvalue weighted by Crippen LogP contribution is -2.29. The van der Waals surface area contributed by atoms with Crippen LogP contribution < -0.4 is 10.2 Å². The van der Waals surface area contributed by atoms with Crippen molar-refractivity contribution >= 4 is 21.6 Å². The zero-order valence-electron chi connectivity index (χ0n) is 17.1. The van der Waals surface area contributed by atoms with E-state index in [2.05, 4.69) is 39.5 Å². The predicted molar refractivity (Wildman–Crippen MR) is 121 cm³/mol. The van der Waals surface area contributed by atoms with Crippen molar-refractivity contribution in [2.75, 3.05) is 26.2 Å². The number of piperidine rings is 1. The highest BCUT2D eigenvalue weighted by molar-refractivity contribution is 7.16. The van der Waals surface area contributed by atoms with Crippen LogP contribution in [0.2, 0.25) is 0 Å². The van der Waals surface area contributed by atoms with Crippen molar-refractivity contribution in [1.82, 2.24) is 15.2 Å². The van der Waals surface area contributed by atoms with Crippen LogP contribution in [0.1, 0.15) is 42.1 Å². The second-order valence-corrected chi connectivity index (χ2v) is 9.00. The first-order valence-corrected chi connectivity index (χ1v) is 11.5. The minimum Gasteiger partial charge on any atom is -0.506 e. The highest BCUT2D eigenvalue weighted by Crippen LogP contribution is 2.31. The zero-order valence-corrected chi connectivity index (χ0v) is 17.9. The van der Waals surface area contributed by atoms with Gasteiger partial charge in [-0.05, 0) is 56.1 Å². The molecule has 1 aliphatic rings. The van der Waals surface area contributed by atoms with E-state index in [9.17, 15) is 15.0 Å². The number of rotatable bonds is 8. The highest BCUT2D eigenvalue weighted by atomic mass is 32.1. The summed E-state index contributed by atoms with van der Waals surface area (Å²) < 4.78 is 0.610. The maximum absolute atomic E-state index is 11.6. The molecule has 2 aromatic carbocycles. The van der Waals surface area contributed by atoms with Gasteiger partial charge >= 0.3 is 4.87 Å². The SMILES string of the molecule is O=c1[nH]c2c(O)ccc([C@@H](O)CNCCc3ccc(CN4CCCCC4)cc3)c2s1. The molecule has 1 saturated heterocycles. The van der Waals surface area contributed by atoms with Gasteiger partial charge in [-0.2, -0.15) is 0 Å². The molecule has 1 fully saturated rings. The number of aliphatic hydroxyl groups excluding tert-OH is 1. The number of aromatic amines is 1. The minimum atomic E-state index is -0.744. The van der Waals surface area contributed by atoms with Crippen LogP contribution in [0.4, 0.5) is 0 Å². The van der Waals surface area contributed by atoms with Gasteiger partial charge in [0.05, 0.1) is 10.8 Å². The van der Waals surface area contributed by atoms with Crippen molar-refractivity contribution in [2.24, 2.45) is 0 Å². The van der Waals surface area contributed by atoms with Gasteiger partial charge in [-0.3, -0.25) is 9.69 Å². The molecular weight excluding hydrogens is 398 g/mol. The monoisotopic (exact) mass is 427 g/mol. The van der Waals surface area contributed by atoms with Crippen molar-refractivity contribution in [3.05, 3.63) is 62.8 Å². The quantitative estimate of drug-likeness (QED) is 0.415. The van der Waals surface area contributed by atoms with Gasteiger partial charge in [0.1, 0.15) is 11.3 Å². The molecule has 0 amide bonds. The second kappa shape index (κ2) is 9.75. The van der Waals surface area contributed by atoms with Gasteiger partial charge in [-0.1, -0.05) is 48.1 Å². The summed E-state index contributed by atoms with van der Waals surface area (Å²) in [5.74, 6) is 0.0241. The number of hydrogen-bond donors (Lipinski definition) is 4. The lowest BCUT2D eigenvalue weighted by Gasteiger charge is -2.26. The molecular formula is C23H29N3O3S. The lowest BCUT2D eigenvalue weighted by molar-refractivity contribution is 0.176. The molecule has 30 heavy (non-hydrogen) atoms. The molecule has 6 nitrogen and oxygen atoms in total. The van der Waals surface area contributed by atoms with E-state index >= 15 is 0 Å². The topological polar surface area (TPSA) is 88.6 Å². The third-order valence-corrected chi connectivity index (χ3v) is 6.68. The van der Waals surface area contributed by atoms with Crippen LogP contribution in [0.25, 0.3) is 10.2 Å². The van der Waals surface area contributed by atoms with Crippen molar-refractivity contribution in [3.63, 3.8) is 0 Å². The van der Waals surface area contributed by atoms with Gasteiger partial charge in [0, 0.05) is 18.7 Å². The van der Waals surface area contributed by atoms with Gasteiger partial charge < -0.3 is 20.5 Å². The molecule has 7 heteroatoms. The first-order valence-electron chi connectivity index (χ1n) is 10.6. The van der Waals surface area contributed by atoms with Crippen LogP contribution in [0.15, 0.2) is 41.2 Å². The fraction of sp³-hybridized carbons (Fsp3) is 0.435. The maximum atomic E-state index is 11.6. The molecule has 160 valence electrons. The molecule has 4 rings (SSSR count). The van der Waals surface area contributed by atoms with E-state index in [-0.39, 0.29) is 10.6 Å². The number of aromatic nitrogens is 1. The van der Waals surface area contributed by atoms with Crippen LogP contribution in [0, 0.1) is 0 Å². The standard InChI is InChI=1S/C23H29N3O3S/c27-19-9-8-18(22-21(19)25-23(29)30-22)20(28)14-24-11-10-16-4-6-17(7-5-16)15-26-12-2-1-3-13-26/h4-9,20,24,27-28H,1-3,10-15H2,(H,25,29)/t20-/m0/s1. The number of hydrogen-bond acceptors (Lipinski definition) is 6. The van der Waals surface area contributed by atoms with Gasteiger partial charge in [0.25, 0.3) is 0 Å². The van der Waals surface area contributed by atoms with E-state index in [0.717, 1.165) is 30.8 Å². The molecule has 4 N–H and O–H groups in total. The summed E-state index contributed by atoms with van der Waals surface area (Å²) in [6.45, 7) is 4.60. The Kier molecular flexibility index (Phi) is 6.84. The van der Waals surface area contributed by atoms with Crippen LogP contribution in [-0.2, 0) is 13.0 Å². The van der Waals surface area contributed by atoms with E-state index in [1.54, 1.807) is 6.07 Å². The summed E-state index contributed by atoms with van der Waals surface area (Å²) in [6.07, 6.45) is 4.13. The fourth-order valence-electron chi connectivity index (χ4n) is 4.07. The molecule has 0 unspecified atom stereocenters. The van der Waals surface area contributed by atoms with E-state index in [0.29, 0.717) is 22.3 Å². The molecule has 0 radical (unpaired) electrons. The Morgan fingerprint density at radius 3 is 2.57 bits per heavy atom. The van der Waals surface area contributed by atoms with E-state index in [1.165, 1.54) is 49.5 Å². The van der Waals surface area contributed by atoms with E-state index in [4.69, 9.17) is 0 Å². The Hall–Kier alpha value is -2.19.